The van der Waals surface area contributed by atoms with E-state index < -0.39 is 20.0 Å². The molecule has 0 aliphatic rings. The lowest BCUT2D eigenvalue weighted by Crippen LogP contribution is -2.46. The van der Waals surface area contributed by atoms with E-state index in [2.05, 4.69) is 43.5 Å². The van der Waals surface area contributed by atoms with E-state index in [9.17, 15) is 19.4 Å². The topological polar surface area (TPSA) is 105 Å². The number of amides is 1. The van der Waals surface area contributed by atoms with E-state index in [1.54, 1.807) is 0 Å². The molecule has 0 saturated carbocycles. The molecule has 3 atom stereocenters. The van der Waals surface area contributed by atoms with Crippen molar-refractivity contribution in [2.45, 2.75) is 270 Å². The number of carbonyl (C=O) groups excluding carboxylic acids is 1. The maximum atomic E-state index is 12.9. The minimum atomic E-state index is -4.30. The molecule has 0 aliphatic heterocycles. The van der Waals surface area contributed by atoms with Crippen molar-refractivity contribution in [3.63, 3.8) is 0 Å². The van der Waals surface area contributed by atoms with Crippen molar-refractivity contribution in [1.29, 1.82) is 0 Å². The molecule has 0 heterocycles. The number of phosphoric acid groups is 1. The summed E-state index contributed by atoms with van der Waals surface area (Å²) in [7, 11) is 1.62. The molecular formula is C53H106N2O6P+. The molecule has 0 bridgehead atoms. The molecule has 9 heteroatoms. The zero-order chi connectivity index (χ0) is 45.7. The molecule has 3 N–H and O–H groups in total. The Morgan fingerprint density at radius 1 is 0.548 bits per heavy atom. The molecular weight excluding hydrogens is 792 g/mol. The SMILES string of the molecule is CCCCCCC/C=C\C/C=C\CCCCCCCCCCCCCCCCCCCCCCCC(=O)NC(COP(=O)(O)OCC[N+](C)(C)C)C(O)CCCCCCCCC. The second-order valence-electron chi connectivity index (χ2n) is 19.6. The Kier molecular flexibility index (Phi) is 44.4. The number of aliphatic hydroxyl groups is 1. The first-order chi connectivity index (χ1) is 30.0. The summed E-state index contributed by atoms with van der Waals surface area (Å²) in [5.74, 6) is -0.145. The second-order valence-corrected chi connectivity index (χ2v) is 21.1. The molecule has 0 saturated heterocycles. The number of allylic oxidation sites excluding steroid dienone is 4. The van der Waals surface area contributed by atoms with Crippen LogP contribution in [0.1, 0.15) is 258 Å². The fourth-order valence-corrected chi connectivity index (χ4v) is 8.70. The highest BCUT2D eigenvalue weighted by Gasteiger charge is 2.28. The van der Waals surface area contributed by atoms with Crippen molar-refractivity contribution in [2.75, 3.05) is 40.9 Å². The third-order valence-electron chi connectivity index (χ3n) is 12.2. The summed E-state index contributed by atoms with van der Waals surface area (Å²) in [6.45, 7) is 4.84. The number of likely N-dealkylation sites (N-methyl/N-ethyl adjacent to an activating group) is 1. The number of nitrogens with zero attached hydrogens (tertiary/aromatic N) is 1. The minimum absolute atomic E-state index is 0.0763. The van der Waals surface area contributed by atoms with Crippen LogP contribution in [0.15, 0.2) is 24.3 Å². The van der Waals surface area contributed by atoms with Gasteiger partial charge in [-0.3, -0.25) is 13.8 Å². The van der Waals surface area contributed by atoms with Crippen LogP contribution in [0.25, 0.3) is 0 Å². The molecule has 0 spiro atoms. The molecule has 0 aliphatic carbocycles. The summed E-state index contributed by atoms with van der Waals surface area (Å²) in [6, 6.07) is -0.754. The normalized spacial score (nSPS) is 14.2. The van der Waals surface area contributed by atoms with Gasteiger partial charge in [-0.1, -0.05) is 231 Å². The van der Waals surface area contributed by atoms with E-state index in [4.69, 9.17) is 9.05 Å². The number of quaternary nitrogens is 1. The van der Waals surface area contributed by atoms with Crippen molar-refractivity contribution >= 4 is 13.7 Å². The van der Waals surface area contributed by atoms with Gasteiger partial charge in [0.15, 0.2) is 0 Å². The molecule has 0 aromatic heterocycles. The maximum Gasteiger partial charge on any atom is 0.472 e. The largest absolute Gasteiger partial charge is 0.472 e. The first-order valence-electron chi connectivity index (χ1n) is 26.7. The van der Waals surface area contributed by atoms with E-state index in [0.29, 0.717) is 23.9 Å². The van der Waals surface area contributed by atoms with E-state index in [1.807, 2.05) is 21.1 Å². The van der Waals surface area contributed by atoms with Crippen LogP contribution in [0, 0.1) is 0 Å². The Balaban J connectivity index is 3.83. The van der Waals surface area contributed by atoms with Gasteiger partial charge in [0.1, 0.15) is 13.2 Å². The lowest BCUT2D eigenvalue weighted by atomic mass is 10.0. The Morgan fingerprint density at radius 3 is 1.32 bits per heavy atom. The third-order valence-corrected chi connectivity index (χ3v) is 13.2. The first kappa shape index (κ1) is 61.0. The smallest absolute Gasteiger partial charge is 0.391 e. The molecule has 368 valence electrons. The highest BCUT2D eigenvalue weighted by molar-refractivity contribution is 7.47. The van der Waals surface area contributed by atoms with Crippen LogP contribution in [0.4, 0.5) is 0 Å². The summed E-state index contributed by atoms with van der Waals surface area (Å²) < 4.78 is 23.6. The third kappa shape index (κ3) is 47.0. The van der Waals surface area contributed by atoms with Crippen molar-refractivity contribution in [2.24, 2.45) is 0 Å². The molecule has 0 aromatic rings. The van der Waals surface area contributed by atoms with Crippen LogP contribution in [0.3, 0.4) is 0 Å². The number of carbonyl (C=O) groups is 1. The molecule has 0 rings (SSSR count). The number of phosphoric ester groups is 1. The Labute approximate surface area is 385 Å². The fraction of sp³-hybridized carbons (Fsp3) is 0.906. The van der Waals surface area contributed by atoms with Gasteiger partial charge in [-0.2, -0.15) is 0 Å². The van der Waals surface area contributed by atoms with Gasteiger partial charge in [0, 0.05) is 6.42 Å². The highest BCUT2D eigenvalue weighted by Crippen LogP contribution is 2.43. The second kappa shape index (κ2) is 45.1. The zero-order valence-corrected chi connectivity index (χ0v) is 42.8. The Bertz CT molecular complexity index is 1060. The van der Waals surface area contributed by atoms with Gasteiger partial charge in [-0.05, 0) is 44.9 Å². The van der Waals surface area contributed by atoms with Crippen LogP contribution < -0.4 is 5.32 Å². The van der Waals surface area contributed by atoms with E-state index in [1.165, 1.54) is 186 Å². The zero-order valence-electron chi connectivity index (χ0n) is 41.9. The van der Waals surface area contributed by atoms with Crippen LogP contribution >= 0.6 is 7.82 Å². The number of hydrogen-bond donors (Lipinski definition) is 3. The summed E-state index contributed by atoms with van der Waals surface area (Å²) in [5.41, 5.74) is 0. The van der Waals surface area contributed by atoms with Crippen LogP contribution in [0.2, 0.25) is 0 Å². The van der Waals surface area contributed by atoms with E-state index >= 15 is 0 Å². The molecule has 1 amide bonds. The lowest BCUT2D eigenvalue weighted by Gasteiger charge is -2.26. The van der Waals surface area contributed by atoms with Crippen LogP contribution in [0.5, 0.6) is 0 Å². The van der Waals surface area contributed by atoms with Crippen LogP contribution in [-0.2, 0) is 18.4 Å². The Morgan fingerprint density at radius 2 is 0.919 bits per heavy atom. The highest BCUT2D eigenvalue weighted by atomic mass is 31.2. The number of hydrogen-bond acceptors (Lipinski definition) is 5. The van der Waals surface area contributed by atoms with E-state index in [-0.39, 0.29) is 19.1 Å². The summed E-state index contributed by atoms with van der Waals surface area (Å²) >= 11 is 0. The predicted molar refractivity (Wildman–Crippen MR) is 268 cm³/mol. The molecule has 0 fully saturated rings. The summed E-state index contributed by atoms with van der Waals surface area (Å²) in [6.07, 6.45) is 55.5. The van der Waals surface area contributed by atoms with Gasteiger partial charge in [-0.15, -0.1) is 0 Å². The minimum Gasteiger partial charge on any atom is -0.391 e. The Hall–Kier alpha value is -1.02. The van der Waals surface area contributed by atoms with Gasteiger partial charge in [0.05, 0.1) is 39.9 Å². The molecule has 62 heavy (non-hydrogen) atoms. The summed E-state index contributed by atoms with van der Waals surface area (Å²) in [5, 5.41) is 13.9. The van der Waals surface area contributed by atoms with Crippen molar-refractivity contribution in [3.05, 3.63) is 24.3 Å². The molecule has 8 nitrogen and oxygen atoms in total. The average molecular weight is 898 g/mol. The average Bonchev–Trinajstić information content (AvgIpc) is 3.23. The number of aliphatic hydroxyl groups excluding tert-OH is 1. The fourth-order valence-electron chi connectivity index (χ4n) is 7.96. The first-order valence-corrected chi connectivity index (χ1v) is 28.2. The van der Waals surface area contributed by atoms with Gasteiger partial charge < -0.3 is 19.8 Å². The van der Waals surface area contributed by atoms with Crippen molar-refractivity contribution in [3.8, 4) is 0 Å². The van der Waals surface area contributed by atoms with E-state index in [0.717, 1.165) is 44.9 Å². The van der Waals surface area contributed by atoms with Gasteiger partial charge >= 0.3 is 7.82 Å². The van der Waals surface area contributed by atoms with Gasteiger partial charge in [-0.25, -0.2) is 4.57 Å². The maximum absolute atomic E-state index is 12.9. The molecule has 0 radical (unpaired) electrons. The lowest BCUT2D eigenvalue weighted by molar-refractivity contribution is -0.870. The molecule has 0 aromatic carbocycles. The molecule has 3 unspecified atom stereocenters. The quantitative estimate of drug-likeness (QED) is 0.0243. The van der Waals surface area contributed by atoms with Crippen molar-refractivity contribution < 1.29 is 32.9 Å². The number of rotatable bonds is 49. The van der Waals surface area contributed by atoms with Crippen LogP contribution in [-0.4, -0.2) is 73.4 Å². The number of unbranched alkanes of at least 4 members (excludes halogenated alkanes) is 32. The predicted octanol–water partition coefficient (Wildman–Crippen LogP) is 15.6. The van der Waals surface area contributed by atoms with Gasteiger partial charge in [0.2, 0.25) is 5.91 Å². The standard InChI is InChI=1S/C53H105N2O6P/c1-6-8-10-12-14-15-16-17-18-19-20-21-22-23-24-25-26-27-28-29-30-31-32-33-34-35-36-37-38-39-41-43-45-47-53(57)54-51(52(56)46-44-42-40-13-11-9-7-2)50-61-62(58,59)60-49-48-55(3,4)5/h16-17,19-20,51-52,56H,6-15,18,21-50H2,1-5H3,(H-,54,57,58,59)/p+1/b17-16-,20-19-. The number of nitrogens with one attached hydrogen (secondary N) is 1. The van der Waals surface area contributed by atoms with Gasteiger partial charge in [0.25, 0.3) is 0 Å². The summed E-state index contributed by atoms with van der Waals surface area (Å²) in [4.78, 5) is 23.1. The monoisotopic (exact) mass is 898 g/mol. The van der Waals surface area contributed by atoms with Crippen molar-refractivity contribution in [1.82, 2.24) is 5.32 Å².